The van der Waals surface area contributed by atoms with Gasteiger partial charge < -0.3 is 15.0 Å². The van der Waals surface area contributed by atoms with E-state index >= 15 is 0 Å². The van der Waals surface area contributed by atoms with Crippen molar-refractivity contribution in [3.63, 3.8) is 0 Å². The first-order valence-corrected chi connectivity index (χ1v) is 7.31. The van der Waals surface area contributed by atoms with E-state index in [0.717, 1.165) is 42.8 Å². The predicted molar refractivity (Wildman–Crippen MR) is 79.8 cm³/mol. The van der Waals surface area contributed by atoms with Crippen molar-refractivity contribution in [2.75, 3.05) is 20.2 Å². The fraction of sp³-hybridized carbons (Fsp3) is 0.562. The molecule has 1 aromatic rings. The number of para-hydroxylation sites is 1. The van der Waals surface area contributed by atoms with Crippen LogP contribution in [0.1, 0.15) is 30.9 Å². The van der Waals surface area contributed by atoms with Gasteiger partial charge in [0, 0.05) is 25.2 Å². The number of nitrogens with one attached hydrogen (secondary N) is 1. The summed E-state index contributed by atoms with van der Waals surface area (Å²) in [7, 11) is 1.86. The van der Waals surface area contributed by atoms with Crippen molar-refractivity contribution in [1.29, 1.82) is 0 Å². The smallest absolute Gasteiger partial charge is 0.260 e. The van der Waals surface area contributed by atoms with Gasteiger partial charge in [-0.15, -0.1) is 0 Å². The third-order valence-electron chi connectivity index (χ3n) is 3.69. The second-order valence-corrected chi connectivity index (χ2v) is 5.37. The van der Waals surface area contributed by atoms with Gasteiger partial charge in [-0.25, -0.2) is 0 Å². The zero-order valence-corrected chi connectivity index (χ0v) is 12.6. The molecule has 4 heteroatoms. The zero-order valence-electron chi connectivity index (χ0n) is 12.6. The maximum absolute atomic E-state index is 12.0. The lowest BCUT2D eigenvalue weighted by molar-refractivity contribution is -0.132. The minimum atomic E-state index is 0.0603. The van der Waals surface area contributed by atoms with E-state index in [4.69, 9.17) is 4.74 Å². The van der Waals surface area contributed by atoms with Gasteiger partial charge in [0.2, 0.25) is 0 Å². The van der Waals surface area contributed by atoms with Gasteiger partial charge >= 0.3 is 0 Å². The van der Waals surface area contributed by atoms with Crippen LogP contribution in [0, 0.1) is 6.92 Å². The molecule has 2 rings (SSSR count). The lowest BCUT2D eigenvalue weighted by Crippen LogP contribution is -2.33. The van der Waals surface area contributed by atoms with Crippen molar-refractivity contribution in [3.05, 3.63) is 29.3 Å². The lowest BCUT2D eigenvalue weighted by Gasteiger charge is -2.18. The molecule has 1 aliphatic rings. The van der Waals surface area contributed by atoms with E-state index in [2.05, 4.69) is 12.2 Å². The number of carbonyl (C=O) groups excluding carboxylic acids is 1. The minimum absolute atomic E-state index is 0.0603. The molecule has 110 valence electrons. The normalized spacial score (nSPS) is 14.2. The van der Waals surface area contributed by atoms with E-state index < -0.39 is 0 Å². The molecule has 0 saturated heterocycles. The summed E-state index contributed by atoms with van der Waals surface area (Å²) < 4.78 is 5.79. The highest BCUT2D eigenvalue weighted by atomic mass is 16.5. The molecule has 0 spiro atoms. The van der Waals surface area contributed by atoms with Crippen LogP contribution in [-0.4, -0.2) is 37.0 Å². The summed E-state index contributed by atoms with van der Waals surface area (Å²) in [4.78, 5) is 13.8. The molecule has 0 unspecified atom stereocenters. The molecule has 1 aliphatic carbocycles. The Labute approximate surface area is 121 Å². The molecule has 4 nitrogen and oxygen atoms in total. The Hall–Kier alpha value is -1.55. The molecule has 1 amide bonds. The Kier molecular flexibility index (Phi) is 5.01. The first-order chi connectivity index (χ1) is 9.63. The van der Waals surface area contributed by atoms with E-state index in [0.29, 0.717) is 6.04 Å². The fourth-order valence-corrected chi connectivity index (χ4v) is 2.22. The maximum atomic E-state index is 12.0. The third kappa shape index (κ3) is 3.73. The fourth-order valence-electron chi connectivity index (χ4n) is 2.22. The van der Waals surface area contributed by atoms with Crippen LogP contribution in [-0.2, 0) is 11.3 Å². The van der Waals surface area contributed by atoms with Gasteiger partial charge in [0.1, 0.15) is 5.75 Å². The minimum Gasteiger partial charge on any atom is -0.483 e. The van der Waals surface area contributed by atoms with Crippen molar-refractivity contribution >= 4 is 5.91 Å². The largest absolute Gasteiger partial charge is 0.483 e. The molecule has 0 heterocycles. The molecule has 1 saturated carbocycles. The molecule has 0 aromatic heterocycles. The van der Waals surface area contributed by atoms with E-state index in [9.17, 15) is 4.79 Å². The molecule has 0 atom stereocenters. The van der Waals surface area contributed by atoms with E-state index in [-0.39, 0.29) is 12.5 Å². The molecular weight excluding hydrogens is 252 g/mol. The summed E-state index contributed by atoms with van der Waals surface area (Å²) in [5.41, 5.74) is 2.18. The van der Waals surface area contributed by atoms with Gasteiger partial charge in [0.05, 0.1) is 0 Å². The summed E-state index contributed by atoms with van der Waals surface area (Å²) in [6.45, 7) is 5.89. The summed E-state index contributed by atoms with van der Waals surface area (Å²) in [6.07, 6.45) is 2.25. The van der Waals surface area contributed by atoms with Crippen LogP contribution in [0.25, 0.3) is 0 Å². The second kappa shape index (κ2) is 6.75. The number of ether oxygens (including phenoxy) is 1. The van der Waals surface area contributed by atoms with Crippen LogP contribution in [0.5, 0.6) is 5.75 Å². The van der Waals surface area contributed by atoms with Gasteiger partial charge in [-0.2, -0.15) is 0 Å². The summed E-state index contributed by atoms with van der Waals surface area (Å²) >= 11 is 0. The van der Waals surface area contributed by atoms with Crippen molar-refractivity contribution in [2.24, 2.45) is 0 Å². The first kappa shape index (κ1) is 14.9. The van der Waals surface area contributed by atoms with E-state index in [1.54, 1.807) is 0 Å². The molecular formula is C16H24N2O2. The number of hydrogen-bond donors (Lipinski definition) is 1. The van der Waals surface area contributed by atoms with Crippen LogP contribution in [0.3, 0.4) is 0 Å². The SMILES string of the molecule is CCNCc1cccc(C)c1OCC(=O)N(C)C1CC1. The number of rotatable bonds is 7. The first-order valence-electron chi connectivity index (χ1n) is 7.31. The number of carbonyl (C=O) groups is 1. The van der Waals surface area contributed by atoms with E-state index in [1.165, 1.54) is 0 Å². The Morgan fingerprint density at radius 2 is 2.20 bits per heavy atom. The average Bonchev–Trinajstić information content (AvgIpc) is 3.27. The summed E-state index contributed by atoms with van der Waals surface area (Å²) in [5, 5.41) is 3.30. The second-order valence-electron chi connectivity index (χ2n) is 5.37. The third-order valence-corrected chi connectivity index (χ3v) is 3.69. The Balaban J connectivity index is 1.98. The van der Waals surface area contributed by atoms with Crippen molar-refractivity contribution in [2.45, 2.75) is 39.3 Å². The topological polar surface area (TPSA) is 41.6 Å². The van der Waals surface area contributed by atoms with Crippen LogP contribution in [0.2, 0.25) is 0 Å². The van der Waals surface area contributed by atoms with E-state index in [1.807, 2.05) is 37.1 Å². The molecule has 1 fully saturated rings. The molecule has 20 heavy (non-hydrogen) atoms. The number of amides is 1. The number of likely N-dealkylation sites (N-methyl/N-ethyl adjacent to an activating group) is 1. The molecule has 1 aromatic carbocycles. The summed E-state index contributed by atoms with van der Waals surface area (Å²) in [6, 6.07) is 6.51. The highest BCUT2D eigenvalue weighted by Gasteiger charge is 2.29. The molecule has 0 bridgehead atoms. The summed E-state index contributed by atoms with van der Waals surface area (Å²) in [5.74, 6) is 0.899. The Morgan fingerprint density at radius 1 is 1.45 bits per heavy atom. The number of benzene rings is 1. The zero-order chi connectivity index (χ0) is 14.5. The van der Waals surface area contributed by atoms with Gasteiger partial charge in [-0.3, -0.25) is 4.79 Å². The standard InChI is InChI=1S/C16H24N2O2/c1-4-17-10-13-7-5-6-12(2)16(13)20-11-15(19)18(3)14-8-9-14/h5-7,14,17H,4,8-11H2,1-3H3. The number of nitrogens with zero attached hydrogens (tertiary/aromatic N) is 1. The molecule has 0 radical (unpaired) electrons. The van der Waals surface area contributed by atoms with Gasteiger partial charge in [-0.1, -0.05) is 25.1 Å². The van der Waals surface area contributed by atoms with Crippen LogP contribution in [0.4, 0.5) is 0 Å². The highest BCUT2D eigenvalue weighted by molar-refractivity contribution is 5.78. The van der Waals surface area contributed by atoms with Crippen molar-refractivity contribution < 1.29 is 9.53 Å². The quantitative estimate of drug-likeness (QED) is 0.829. The van der Waals surface area contributed by atoms with Crippen LogP contribution in [0.15, 0.2) is 18.2 Å². The van der Waals surface area contributed by atoms with Crippen molar-refractivity contribution in [1.82, 2.24) is 10.2 Å². The molecule has 1 N–H and O–H groups in total. The van der Waals surface area contributed by atoms with Gasteiger partial charge in [0.15, 0.2) is 6.61 Å². The average molecular weight is 276 g/mol. The lowest BCUT2D eigenvalue weighted by atomic mass is 10.1. The number of hydrogen-bond acceptors (Lipinski definition) is 3. The monoisotopic (exact) mass is 276 g/mol. The Morgan fingerprint density at radius 3 is 2.85 bits per heavy atom. The van der Waals surface area contributed by atoms with Crippen molar-refractivity contribution in [3.8, 4) is 5.75 Å². The Bertz CT molecular complexity index is 470. The number of aryl methyl sites for hydroxylation is 1. The molecule has 0 aliphatic heterocycles. The highest BCUT2D eigenvalue weighted by Crippen LogP contribution is 2.26. The predicted octanol–water partition coefficient (Wildman–Crippen LogP) is 2.10. The van der Waals surface area contributed by atoms with Crippen LogP contribution < -0.4 is 10.1 Å². The van der Waals surface area contributed by atoms with Gasteiger partial charge in [-0.05, 0) is 31.9 Å². The van der Waals surface area contributed by atoms with Gasteiger partial charge in [0.25, 0.3) is 5.91 Å². The van der Waals surface area contributed by atoms with Crippen LogP contribution >= 0.6 is 0 Å². The maximum Gasteiger partial charge on any atom is 0.260 e.